The normalized spacial score (nSPS) is 28.5. The van der Waals surface area contributed by atoms with E-state index in [0.29, 0.717) is 35.2 Å². The van der Waals surface area contributed by atoms with Crippen LogP contribution in [0.4, 0.5) is 22.0 Å². The van der Waals surface area contributed by atoms with E-state index in [9.17, 15) is 32.2 Å². The minimum atomic E-state index is -5.46. The van der Waals surface area contributed by atoms with Crippen LogP contribution in [0.1, 0.15) is 86.0 Å². The van der Waals surface area contributed by atoms with Crippen LogP contribution >= 0.6 is 11.8 Å². The summed E-state index contributed by atoms with van der Waals surface area (Å²) in [4.78, 5) is 2.23. The number of aliphatic hydroxyl groups excluding tert-OH is 1. The van der Waals surface area contributed by atoms with Crippen LogP contribution in [0.25, 0.3) is 0 Å². The van der Waals surface area contributed by atoms with Crippen LogP contribution in [0, 0.1) is 17.3 Å². The average molecular weight is 640 g/mol. The first kappa shape index (κ1) is 33.5. The third kappa shape index (κ3) is 7.10. The van der Waals surface area contributed by atoms with Gasteiger partial charge in [0.05, 0.1) is 6.10 Å². The fourth-order valence-corrected chi connectivity index (χ4v) is 9.32. The molecule has 2 aromatic rings. The Labute approximate surface area is 262 Å². The number of aryl methyl sites for hydroxylation is 1. The molecule has 244 valence electrons. The van der Waals surface area contributed by atoms with Crippen LogP contribution in [-0.2, 0) is 12.8 Å². The van der Waals surface area contributed by atoms with Gasteiger partial charge < -0.3 is 15.1 Å². The van der Waals surface area contributed by atoms with Crippen LogP contribution in [0.5, 0.6) is 5.75 Å². The second-order valence-corrected chi connectivity index (χ2v) is 14.9. The molecule has 0 radical (unpaired) electrons. The van der Waals surface area contributed by atoms with Crippen molar-refractivity contribution < 1.29 is 32.2 Å². The topological polar surface area (TPSA) is 43.7 Å². The van der Waals surface area contributed by atoms with Gasteiger partial charge in [-0.2, -0.15) is 33.7 Å². The molecule has 5 rings (SSSR count). The summed E-state index contributed by atoms with van der Waals surface area (Å²) in [6, 6.07) is 14.9. The van der Waals surface area contributed by atoms with E-state index < -0.39 is 18.5 Å². The summed E-state index contributed by atoms with van der Waals surface area (Å²) in [5, 5.41) is 21.3. The lowest BCUT2D eigenvalue weighted by Crippen LogP contribution is -2.47. The van der Waals surface area contributed by atoms with Gasteiger partial charge in [-0.05, 0) is 140 Å². The van der Waals surface area contributed by atoms with Gasteiger partial charge in [0.15, 0.2) is 0 Å². The number of rotatable bonds is 12. The molecule has 0 unspecified atom stereocenters. The van der Waals surface area contributed by atoms with E-state index in [2.05, 4.69) is 42.2 Å². The molecule has 2 saturated carbocycles. The van der Waals surface area contributed by atoms with E-state index in [1.165, 1.54) is 34.0 Å². The summed E-state index contributed by atoms with van der Waals surface area (Å²) in [7, 11) is 2.05. The number of aliphatic hydroxyl groups is 1. The molecule has 3 aliphatic carbocycles. The Morgan fingerprint density at radius 1 is 0.955 bits per heavy atom. The number of phenolic OH excluding ortho intramolecular Hbond substituents is 1. The van der Waals surface area contributed by atoms with Crippen LogP contribution in [0.2, 0.25) is 0 Å². The van der Waals surface area contributed by atoms with Crippen molar-refractivity contribution in [1.82, 2.24) is 4.90 Å². The Kier molecular flexibility index (Phi) is 10.3. The molecular formula is C35H46F5NO2S. The lowest BCUT2D eigenvalue weighted by atomic mass is 9.51. The molecular weight excluding hydrogens is 593 g/mol. The SMILES string of the molecule is CN(CCCSCCCC(F)(F)C(F)(F)F)CCc1ccc([C@H]2C[C@]3(C)[C@@H](O)CC[C@H]3[C@@H]3CCc4cc(O)ccc4[C@H]32)cc1. The highest BCUT2D eigenvalue weighted by Crippen LogP contribution is 2.65. The maximum atomic E-state index is 13.0. The van der Waals surface area contributed by atoms with Crippen molar-refractivity contribution in [2.75, 3.05) is 31.6 Å². The highest BCUT2D eigenvalue weighted by atomic mass is 32.2. The van der Waals surface area contributed by atoms with Gasteiger partial charge in [-0.15, -0.1) is 0 Å². The zero-order valence-electron chi connectivity index (χ0n) is 25.8. The van der Waals surface area contributed by atoms with Gasteiger partial charge in [0.25, 0.3) is 0 Å². The maximum absolute atomic E-state index is 13.0. The lowest BCUT2D eigenvalue weighted by Gasteiger charge is -2.54. The predicted molar refractivity (Wildman–Crippen MR) is 167 cm³/mol. The molecule has 9 heteroatoms. The van der Waals surface area contributed by atoms with Crippen molar-refractivity contribution in [3.63, 3.8) is 0 Å². The molecule has 2 N–H and O–H groups in total. The molecule has 2 fully saturated rings. The summed E-state index contributed by atoms with van der Waals surface area (Å²) >= 11 is 1.43. The number of nitrogens with zero attached hydrogens (tertiary/aromatic N) is 1. The smallest absolute Gasteiger partial charge is 0.453 e. The first-order chi connectivity index (χ1) is 20.8. The number of aromatic hydroxyl groups is 1. The van der Waals surface area contributed by atoms with Crippen LogP contribution in [-0.4, -0.2) is 65.0 Å². The molecule has 44 heavy (non-hydrogen) atoms. The van der Waals surface area contributed by atoms with Gasteiger partial charge in [-0.25, -0.2) is 0 Å². The Morgan fingerprint density at radius 2 is 1.68 bits per heavy atom. The van der Waals surface area contributed by atoms with Crippen LogP contribution in [0.15, 0.2) is 42.5 Å². The van der Waals surface area contributed by atoms with Crippen molar-refractivity contribution in [3.8, 4) is 5.75 Å². The monoisotopic (exact) mass is 639 g/mol. The van der Waals surface area contributed by atoms with E-state index in [1.807, 2.05) is 19.2 Å². The second kappa shape index (κ2) is 13.5. The van der Waals surface area contributed by atoms with Gasteiger partial charge in [0.2, 0.25) is 0 Å². The predicted octanol–water partition coefficient (Wildman–Crippen LogP) is 8.58. The van der Waals surface area contributed by atoms with Gasteiger partial charge in [-0.1, -0.05) is 37.3 Å². The largest absolute Gasteiger partial charge is 0.508 e. The maximum Gasteiger partial charge on any atom is 0.453 e. The number of likely N-dealkylation sites (N-methyl/N-ethyl adjacent to an activating group) is 1. The van der Waals surface area contributed by atoms with Gasteiger partial charge in [0.1, 0.15) is 5.75 Å². The van der Waals surface area contributed by atoms with Crippen molar-refractivity contribution in [1.29, 1.82) is 0 Å². The number of phenols is 1. The quantitative estimate of drug-likeness (QED) is 0.180. The number of benzene rings is 2. The molecule has 0 aliphatic heterocycles. The molecule has 0 aromatic heterocycles. The minimum Gasteiger partial charge on any atom is -0.508 e. The fraction of sp³-hybridized carbons (Fsp3) is 0.657. The van der Waals surface area contributed by atoms with E-state index in [-0.39, 0.29) is 17.9 Å². The Hall–Kier alpha value is -1.84. The van der Waals surface area contributed by atoms with Crippen LogP contribution < -0.4 is 0 Å². The number of alkyl halides is 5. The number of fused-ring (bicyclic) bond motifs is 5. The highest BCUT2D eigenvalue weighted by molar-refractivity contribution is 7.99. The molecule has 0 bridgehead atoms. The van der Waals surface area contributed by atoms with Crippen LogP contribution in [0.3, 0.4) is 0 Å². The zero-order chi connectivity index (χ0) is 31.7. The number of hydrogen-bond donors (Lipinski definition) is 2. The van der Waals surface area contributed by atoms with Crippen molar-refractivity contribution in [2.45, 2.75) is 94.7 Å². The molecule has 3 aliphatic rings. The van der Waals surface area contributed by atoms with E-state index in [1.54, 1.807) is 0 Å². The fourth-order valence-electron chi connectivity index (χ4n) is 8.43. The highest BCUT2D eigenvalue weighted by Gasteiger charge is 2.58. The van der Waals surface area contributed by atoms with Gasteiger partial charge in [-0.3, -0.25) is 0 Å². The number of thioether (sulfide) groups is 1. The number of hydrogen-bond acceptors (Lipinski definition) is 4. The Bertz CT molecular complexity index is 1250. The second-order valence-electron chi connectivity index (χ2n) is 13.7. The summed E-state index contributed by atoms with van der Waals surface area (Å²) in [6.07, 6.45) is -0.266. The van der Waals surface area contributed by atoms with Crippen molar-refractivity contribution >= 4 is 11.8 Å². The molecule has 2 aromatic carbocycles. The first-order valence-corrected chi connectivity index (χ1v) is 17.2. The molecule has 0 spiro atoms. The van der Waals surface area contributed by atoms with Crippen molar-refractivity contribution in [3.05, 3.63) is 64.7 Å². The zero-order valence-corrected chi connectivity index (χ0v) is 26.6. The summed E-state index contributed by atoms with van der Waals surface area (Å²) in [6.45, 7) is 4.02. The van der Waals surface area contributed by atoms with E-state index >= 15 is 0 Å². The van der Waals surface area contributed by atoms with E-state index in [4.69, 9.17) is 0 Å². The minimum absolute atomic E-state index is 0.0753. The molecule has 0 heterocycles. The average Bonchev–Trinajstić information content (AvgIpc) is 3.28. The summed E-state index contributed by atoms with van der Waals surface area (Å²) in [5.41, 5.74) is 5.14. The van der Waals surface area contributed by atoms with Crippen molar-refractivity contribution in [2.24, 2.45) is 17.3 Å². The molecule has 0 amide bonds. The first-order valence-electron chi connectivity index (χ1n) is 16.1. The van der Waals surface area contributed by atoms with Gasteiger partial charge >= 0.3 is 12.1 Å². The third-order valence-electron chi connectivity index (χ3n) is 10.9. The Morgan fingerprint density at radius 3 is 2.41 bits per heavy atom. The number of halogens is 5. The molecule has 3 nitrogen and oxygen atoms in total. The molecule has 6 atom stereocenters. The third-order valence-corrected chi connectivity index (χ3v) is 12.0. The lowest BCUT2D eigenvalue weighted by molar-refractivity contribution is -0.284. The molecule has 0 saturated heterocycles. The summed E-state index contributed by atoms with van der Waals surface area (Å²) in [5.74, 6) is -1.49. The standard InChI is InChI=1S/C35H46F5NO2S/c1-33-22-29(32-27-12-10-26(42)21-25(27)9-11-28(32)30(33)13-14-31(33)43)24-7-5-23(6-8-24)15-18-41(2)17-4-20-44-19-3-16-34(36,37)35(38,39)40/h5-8,10,12,21,28-32,42-43H,3-4,9,11,13-20,22H2,1-2H3/t28-,29+,30-,31-,32+,33-/m0/s1. The Balaban J connectivity index is 1.14. The summed E-state index contributed by atoms with van der Waals surface area (Å²) < 4.78 is 62.8. The van der Waals surface area contributed by atoms with Gasteiger partial charge in [0, 0.05) is 13.0 Å². The van der Waals surface area contributed by atoms with E-state index in [0.717, 1.165) is 63.8 Å².